The molecule has 0 bridgehead atoms. The van der Waals surface area contributed by atoms with Crippen molar-refractivity contribution in [2.24, 2.45) is 0 Å². The molecule has 22 heavy (non-hydrogen) atoms. The van der Waals surface area contributed by atoms with Gasteiger partial charge in [0.1, 0.15) is 0 Å². The van der Waals surface area contributed by atoms with E-state index in [2.05, 4.69) is 66.1 Å². The molecule has 0 fully saturated rings. The van der Waals surface area contributed by atoms with Crippen molar-refractivity contribution in [3.8, 4) is 0 Å². The number of nitrogens with zero attached hydrogens (tertiary/aromatic N) is 2. The van der Waals surface area contributed by atoms with Gasteiger partial charge < -0.3 is 4.90 Å². The van der Waals surface area contributed by atoms with E-state index in [1.54, 1.807) is 0 Å². The minimum atomic E-state index is 0.333. The molecule has 0 amide bonds. The Balaban J connectivity index is 2.07. The summed E-state index contributed by atoms with van der Waals surface area (Å²) < 4.78 is 0. The average molecular weight is 286 g/mol. The van der Waals surface area contributed by atoms with Crippen LogP contribution in [0.4, 0.5) is 17.1 Å². The van der Waals surface area contributed by atoms with E-state index in [0.717, 1.165) is 5.69 Å². The van der Waals surface area contributed by atoms with Gasteiger partial charge in [0.2, 0.25) is 0 Å². The maximum Gasteiger partial charge on any atom is 0.187 e. The van der Waals surface area contributed by atoms with Gasteiger partial charge in [0.05, 0.1) is 6.57 Å². The molecule has 2 heteroatoms. The molecule has 0 saturated heterocycles. The second kappa shape index (κ2) is 5.91. The van der Waals surface area contributed by atoms with E-state index in [4.69, 9.17) is 6.57 Å². The number of fused-ring (bicyclic) bond motifs is 1. The van der Waals surface area contributed by atoms with Gasteiger partial charge in [-0.15, -0.1) is 0 Å². The Bertz CT molecular complexity index is 826. The number of hydrogen-bond acceptors (Lipinski definition) is 1. The van der Waals surface area contributed by atoms with Crippen LogP contribution >= 0.6 is 0 Å². The van der Waals surface area contributed by atoms with Crippen LogP contribution in [-0.4, -0.2) is 6.04 Å². The van der Waals surface area contributed by atoms with Gasteiger partial charge >= 0.3 is 0 Å². The molecule has 3 aromatic carbocycles. The molecule has 0 saturated carbocycles. The molecule has 0 heterocycles. The molecular weight excluding hydrogens is 268 g/mol. The van der Waals surface area contributed by atoms with E-state index < -0.39 is 0 Å². The lowest BCUT2D eigenvalue weighted by Gasteiger charge is -2.29. The number of hydrogen-bond donors (Lipinski definition) is 0. The summed E-state index contributed by atoms with van der Waals surface area (Å²) in [5, 5.41) is 2.49. The first-order valence-electron chi connectivity index (χ1n) is 7.44. The zero-order valence-corrected chi connectivity index (χ0v) is 12.8. The van der Waals surface area contributed by atoms with Gasteiger partial charge in [-0.2, -0.15) is 0 Å². The molecular formula is C20H18N2. The van der Waals surface area contributed by atoms with Crippen molar-refractivity contribution >= 4 is 27.8 Å². The van der Waals surface area contributed by atoms with Gasteiger partial charge in [-0.3, -0.25) is 0 Å². The van der Waals surface area contributed by atoms with Crippen molar-refractivity contribution in [1.29, 1.82) is 0 Å². The highest BCUT2D eigenvalue weighted by Crippen LogP contribution is 2.31. The summed E-state index contributed by atoms with van der Waals surface area (Å²) in [6.45, 7) is 11.4. The molecule has 0 spiro atoms. The van der Waals surface area contributed by atoms with E-state index in [1.807, 2.05) is 24.3 Å². The fraction of sp³-hybridized carbons (Fsp3) is 0.150. The molecule has 3 aromatic rings. The van der Waals surface area contributed by atoms with Crippen molar-refractivity contribution in [3.05, 3.63) is 78.1 Å². The van der Waals surface area contributed by atoms with Crippen LogP contribution in [-0.2, 0) is 0 Å². The third-order valence-electron chi connectivity index (χ3n) is 3.78. The zero-order chi connectivity index (χ0) is 15.5. The minimum absolute atomic E-state index is 0.333. The zero-order valence-electron chi connectivity index (χ0n) is 12.8. The Labute approximate surface area is 131 Å². The summed E-state index contributed by atoms with van der Waals surface area (Å²) >= 11 is 0. The summed E-state index contributed by atoms with van der Waals surface area (Å²) in [7, 11) is 0. The largest absolute Gasteiger partial charge is 0.339 e. The maximum atomic E-state index is 7.07. The Kier molecular flexibility index (Phi) is 3.80. The predicted molar refractivity (Wildman–Crippen MR) is 93.9 cm³/mol. The summed E-state index contributed by atoms with van der Waals surface area (Å²) in [6, 6.07) is 23.0. The highest BCUT2D eigenvalue weighted by molar-refractivity contribution is 5.87. The molecule has 0 aliphatic heterocycles. The van der Waals surface area contributed by atoms with Crippen LogP contribution in [0.3, 0.4) is 0 Å². The fourth-order valence-electron chi connectivity index (χ4n) is 2.76. The Morgan fingerprint density at radius 3 is 2.09 bits per heavy atom. The van der Waals surface area contributed by atoms with Crippen LogP contribution in [0.5, 0.6) is 0 Å². The lowest BCUT2D eigenvalue weighted by molar-refractivity contribution is 0.789. The summed E-state index contributed by atoms with van der Waals surface area (Å²) in [4.78, 5) is 5.75. The topological polar surface area (TPSA) is 7.60 Å². The first kappa shape index (κ1) is 14.2. The summed E-state index contributed by atoms with van der Waals surface area (Å²) in [6.07, 6.45) is 0. The van der Waals surface area contributed by atoms with Gasteiger partial charge in [-0.05, 0) is 48.9 Å². The number of benzene rings is 3. The molecule has 108 valence electrons. The van der Waals surface area contributed by atoms with Crippen LogP contribution in [0.15, 0.2) is 66.7 Å². The molecule has 0 aromatic heterocycles. The van der Waals surface area contributed by atoms with Gasteiger partial charge in [-0.25, -0.2) is 4.85 Å². The molecule has 2 nitrogen and oxygen atoms in total. The minimum Gasteiger partial charge on any atom is -0.339 e. The summed E-state index contributed by atoms with van der Waals surface area (Å²) in [5.41, 5.74) is 2.95. The van der Waals surface area contributed by atoms with E-state index in [9.17, 15) is 0 Å². The number of rotatable bonds is 3. The normalized spacial score (nSPS) is 10.6. The third kappa shape index (κ3) is 2.66. The van der Waals surface area contributed by atoms with E-state index >= 15 is 0 Å². The van der Waals surface area contributed by atoms with Crippen LogP contribution in [0.2, 0.25) is 0 Å². The first-order chi connectivity index (χ1) is 10.7. The average Bonchev–Trinajstić information content (AvgIpc) is 2.55. The fourth-order valence-corrected chi connectivity index (χ4v) is 2.76. The lowest BCUT2D eigenvalue weighted by Crippen LogP contribution is -2.25. The molecule has 0 radical (unpaired) electrons. The van der Waals surface area contributed by atoms with E-state index in [-0.39, 0.29) is 0 Å². The molecule has 0 aliphatic rings. The molecule has 3 rings (SSSR count). The molecule has 0 N–H and O–H groups in total. The summed E-state index contributed by atoms with van der Waals surface area (Å²) in [5.74, 6) is 0. The Morgan fingerprint density at radius 2 is 1.45 bits per heavy atom. The van der Waals surface area contributed by atoms with Gasteiger partial charge in [-0.1, -0.05) is 42.5 Å². The quantitative estimate of drug-likeness (QED) is 0.541. The van der Waals surface area contributed by atoms with Crippen molar-refractivity contribution < 1.29 is 0 Å². The second-order valence-corrected chi connectivity index (χ2v) is 5.62. The monoisotopic (exact) mass is 286 g/mol. The van der Waals surface area contributed by atoms with Crippen molar-refractivity contribution in [2.45, 2.75) is 19.9 Å². The van der Waals surface area contributed by atoms with E-state index in [0.29, 0.717) is 11.7 Å². The smallest absolute Gasteiger partial charge is 0.187 e. The first-order valence-corrected chi connectivity index (χ1v) is 7.44. The maximum absolute atomic E-state index is 7.07. The third-order valence-corrected chi connectivity index (χ3v) is 3.78. The molecule has 0 atom stereocenters. The standard InChI is InChI=1S/C20H18N2/c1-15(2)22(19-12-9-18(21-3)10-13-19)20-11-8-16-6-4-5-7-17(16)14-20/h4-15H,1-2H3. The molecule has 0 unspecified atom stereocenters. The van der Waals surface area contributed by atoms with Crippen molar-refractivity contribution in [3.63, 3.8) is 0 Å². The van der Waals surface area contributed by atoms with Crippen LogP contribution in [0, 0.1) is 6.57 Å². The van der Waals surface area contributed by atoms with Crippen molar-refractivity contribution in [2.75, 3.05) is 4.90 Å². The van der Waals surface area contributed by atoms with Crippen LogP contribution in [0.25, 0.3) is 15.6 Å². The number of anilines is 2. The van der Waals surface area contributed by atoms with Crippen LogP contribution in [0.1, 0.15) is 13.8 Å². The SMILES string of the molecule is [C-]#[N+]c1ccc(N(c2ccc3ccccc3c2)C(C)C)cc1. The highest BCUT2D eigenvalue weighted by Gasteiger charge is 2.13. The molecule has 0 aliphatic carbocycles. The van der Waals surface area contributed by atoms with E-state index in [1.165, 1.54) is 16.5 Å². The second-order valence-electron chi connectivity index (χ2n) is 5.62. The highest BCUT2D eigenvalue weighted by atomic mass is 15.2. The Morgan fingerprint density at radius 1 is 0.818 bits per heavy atom. The lowest BCUT2D eigenvalue weighted by atomic mass is 10.1. The van der Waals surface area contributed by atoms with Crippen molar-refractivity contribution in [1.82, 2.24) is 0 Å². The predicted octanol–water partition coefficient (Wildman–Crippen LogP) is 5.94. The van der Waals surface area contributed by atoms with Gasteiger partial charge in [0.25, 0.3) is 0 Å². The Hall–Kier alpha value is -2.79. The van der Waals surface area contributed by atoms with Gasteiger partial charge in [0, 0.05) is 17.4 Å². The van der Waals surface area contributed by atoms with Gasteiger partial charge in [0.15, 0.2) is 5.69 Å². The van der Waals surface area contributed by atoms with Crippen LogP contribution < -0.4 is 4.90 Å².